The van der Waals surface area contributed by atoms with Crippen LogP contribution in [0.3, 0.4) is 0 Å². The van der Waals surface area contributed by atoms with E-state index in [1.54, 1.807) is 35.6 Å². The molecule has 30 heavy (non-hydrogen) atoms. The number of hydrogen-bond acceptors (Lipinski definition) is 5. The third-order valence-corrected chi connectivity index (χ3v) is 5.60. The second-order valence-corrected chi connectivity index (χ2v) is 8.00. The minimum Gasteiger partial charge on any atom is -0.326 e. The first-order valence-electron chi connectivity index (χ1n) is 9.53. The van der Waals surface area contributed by atoms with E-state index in [2.05, 4.69) is 15.6 Å². The van der Waals surface area contributed by atoms with Gasteiger partial charge in [-0.15, -0.1) is 11.3 Å². The lowest BCUT2D eigenvalue weighted by molar-refractivity contribution is -0.117. The van der Waals surface area contributed by atoms with Crippen molar-refractivity contribution in [3.8, 4) is 10.6 Å². The van der Waals surface area contributed by atoms with E-state index in [0.29, 0.717) is 29.5 Å². The molecule has 2 N–H and O–H groups in total. The maximum Gasteiger partial charge on any atom is 0.238 e. The zero-order chi connectivity index (χ0) is 21.5. The Kier molecular flexibility index (Phi) is 7.57. The van der Waals surface area contributed by atoms with Crippen LogP contribution in [0.4, 0.5) is 11.4 Å². The monoisotopic (exact) mass is 442 g/mol. The molecule has 3 rings (SSSR count). The number of benzene rings is 2. The Balaban J connectivity index is 1.57. The van der Waals surface area contributed by atoms with Crippen molar-refractivity contribution in [3.05, 3.63) is 64.6 Å². The summed E-state index contributed by atoms with van der Waals surface area (Å²) in [5.74, 6) is -0.240. The summed E-state index contributed by atoms with van der Waals surface area (Å²) >= 11 is 7.81. The molecule has 6 nitrogen and oxygen atoms in total. The van der Waals surface area contributed by atoms with Gasteiger partial charge in [0.15, 0.2) is 0 Å². The van der Waals surface area contributed by atoms with E-state index >= 15 is 0 Å². The molecule has 2 amide bonds. The van der Waals surface area contributed by atoms with Crippen molar-refractivity contribution in [2.45, 2.75) is 20.4 Å². The molecule has 0 bridgehead atoms. The molecule has 0 aliphatic heterocycles. The Morgan fingerprint density at radius 1 is 1.07 bits per heavy atom. The summed E-state index contributed by atoms with van der Waals surface area (Å²) in [6.07, 6.45) is 0. The van der Waals surface area contributed by atoms with Crippen LogP contribution in [0.1, 0.15) is 19.5 Å². The summed E-state index contributed by atoms with van der Waals surface area (Å²) in [7, 11) is 0. The molecule has 3 aromatic rings. The van der Waals surface area contributed by atoms with Gasteiger partial charge in [0.1, 0.15) is 5.01 Å². The number of thiazole rings is 1. The van der Waals surface area contributed by atoms with Crippen LogP contribution in [0.15, 0.2) is 53.9 Å². The molecule has 0 spiro atoms. The highest BCUT2D eigenvalue weighted by molar-refractivity contribution is 7.13. The van der Waals surface area contributed by atoms with Gasteiger partial charge in [-0.05, 0) is 36.9 Å². The van der Waals surface area contributed by atoms with Gasteiger partial charge in [0.05, 0.1) is 17.3 Å². The highest BCUT2D eigenvalue weighted by Crippen LogP contribution is 2.30. The van der Waals surface area contributed by atoms with Crippen LogP contribution >= 0.6 is 22.9 Å². The van der Waals surface area contributed by atoms with Crippen molar-refractivity contribution in [1.29, 1.82) is 0 Å². The zero-order valence-electron chi connectivity index (χ0n) is 16.8. The predicted octanol–water partition coefficient (Wildman–Crippen LogP) is 4.88. The van der Waals surface area contributed by atoms with Gasteiger partial charge in [-0.3, -0.25) is 14.5 Å². The Morgan fingerprint density at radius 2 is 1.73 bits per heavy atom. The SMILES string of the molecule is CCN(CC(=O)Nc1ccc(NC(C)=O)cc1)Cc1csc(-c2ccccc2Cl)n1. The fourth-order valence-electron chi connectivity index (χ4n) is 2.89. The maximum atomic E-state index is 12.4. The van der Waals surface area contributed by atoms with E-state index in [9.17, 15) is 9.59 Å². The molecule has 0 radical (unpaired) electrons. The fraction of sp³-hybridized carbons (Fsp3) is 0.227. The number of hydrogen-bond donors (Lipinski definition) is 2. The number of amides is 2. The molecule has 0 saturated heterocycles. The molecule has 0 atom stereocenters. The lowest BCUT2D eigenvalue weighted by Crippen LogP contribution is -2.32. The number of aromatic nitrogens is 1. The van der Waals surface area contributed by atoms with E-state index in [1.165, 1.54) is 6.92 Å². The van der Waals surface area contributed by atoms with Crippen molar-refractivity contribution >= 4 is 46.1 Å². The molecule has 0 aliphatic rings. The number of likely N-dealkylation sites (N-methyl/N-ethyl adjacent to an activating group) is 1. The molecule has 1 heterocycles. The molecule has 2 aromatic carbocycles. The molecule has 8 heteroatoms. The van der Waals surface area contributed by atoms with Gasteiger partial charge in [-0.25, -0.2) is 4.98 Å². The summed E-state index contributed by atoms with van der Waals surface area (Å²) in [5.41, 5.74) is 3.19. The Labute approximate surface area is 184 Å². The second kappa shape index (κ2) is 10.3. The van der Waals surface area contributed by atoms with E-state index < -0.39 is 0 Å². The van der Waals surface area contributed by atoms with Crippen LogP contribution in [0.5, 0.6) is 0 Å². The van der Waals surface area contributed by atoms with Crippen molar-refractivity contribution in [3.63, 3.8) is 0 Å². The number of anilines is 2. The first-order valence-corrected chi connectivity index (χ1v) is 10.8. The summed E-state index contributed by atoms with van der Waals surface area (Å²) in [4.78, 5) is 30.2. The molecule has 0 saturated carbocycles. The van der Waals surface area contributed by atoms with Gasteiger partial charge in [-0.2, -0.15) is 0 Å². The number of halogens is 1. The highest BCUT2D eigenvalue weighted by atomic mass is 35.5. The minimum atomic E-state index is -0.134. The smallest absolute Gasteiger partial charge is 0.238 e. The highest BCUT2D eigenvalue weighted by Gasteiger charge is 2.13. The van der Waals surface area contributed by atoms with Crippen LogP contribution in [0, 0.1) is 0 Å². The average molecular weight is 443 g/mol. The summed E-state index contributed by atoms with van der Waals surface area (Å²) in [6.45, 7) is 5.01. The molecule has 0 aliphatic carbocycles. The van der Waals surface area contributed by atoms with Gasteiger partial charge in [-0.1, -0.05) is 36.7 Å². The van der Waals surface area contributed by atoms with Crippen LogP contribution in [-0.4, -0.2) is 34.8 Å². The third kappa shape index (κ3) is 6.13. The van der Waals surface area contributed by atoms with Gasteiger partial charge < -0.3 is 10.6 Å². The largest absolute Gasteiger partial charge is 0.326 e. The third-order valence-electron chi connectivity index (χ3n) is 4.35. The van der Waals surface area contributed by atoms with Gasteiger partial charge >= 0.3 is 0 Å². The summed E-state index contributed by atoms with van der Waals surface area (Å²) in [5, 5.41) is 9.13. The first-order chi connectivity index (χ1) is 14.4. The van der Waals surface area contributed by atoms with E-state index in [1.807, 2.05) is 41.5 Å². The van der Waals surface area contributed by atoms with Crippen molar-refractivity contribution < 1.29 is 9.59 Å². The van der Waals surface area contributed by atoms with Crippen molar-refractivity contribution in [2.24, 2.45) is 0 Å². The lowest BCUT2D eigenvalue weighted by Gasteiger charge is -2.18. The molecule has 156 valence electrons. The van der Waals surface area contributed by atoms with Crippen LogP contribution in [-0.2, 0) is 16.1 Å². The van der Waals surface area contributed by atoms with E-state index in [-0.39, 0.29) is 18.4 Å². The number of rotatable bonds is 8. The summed E-state index contributed by atoms with van der Waals surface area (Å²) in [6, 6.07) is 14.7. The normalized spacial score (nSPS) is 10.8. The number of nitrogens with zero attached hydrogens (tertiary/aromatic N) is 2. The number of carbonyl (C=O) groups excluding carboxylic acids is 2. The minimum absolute atomic E-state index is 0.106. The van der Waals surface area contributed by atoms with E-state index in [4.69, 9.17) is 11.6 Å². The maximum absolute atomic E-state index is 12.4. The second-order valence-electron chi connectivity index (χ2n) is 6.73. The van der Waals surface area contributed by atoms with Gasteiger partial charge in [0.2, 0.25) is 11.8 Å². The fourth-order valence-corrected chi connectivity index (χ4v) is 4.02. The van der Waals surface area contributed by atoms with Crippen LogP contribution in [0.25, 0.3) is 10.6 Å². The molecular formula is C22H23ClN4O2S. The lowest BCUT2D eigenvalue weighted by atomic mass is 10.2. The standard InChI is InChI=1S/C22H23ClN4O2S/c1-3-27(12-18-14-30-22(26-18)19-6-4-5-7-20(19)23)13-21(29)25-17-10-8-16(9-11-17)24-15(2)28/h4-11,14H,3,12-13H2,1-2H3,(H,24,28)(H,25,29). The number of carbonyl (C=O) groups is 2. The van der Waals surface area contributed by atoms with Crippen molar-refractivity contribution in [1.82, 2.24) is 9.88 Å². The van der Waals surface area contributed by atoms with Gasteiger partial charge in [0, 0.05) is 35.8 Å². The quantitative estimate of drug-likeness (QED) is 0.521. The van der Waals surface area contributed by atoms with Crippen LogP contribution in [0.2, 0.25) is 5.02 Å². The molecule has 0 unspecified atom stereocenters. The van der Waals surface area contributed by atoms with Crippen LogP contribution < -0.4 is 10.6 Å². The molecular weight excluding hydrogens is 420 g/mol. The Bertz CT molecular complexity index is 1020. The Hall–Kier alpha value is -2.74. The summed E-state index contributed by atoms with van der Waals surface area (Å²) < 4.78 is 0. The van der Waals surface area contributed by atoms with E-state index in [0.717, 1.165) is 16.3 Å². The number of nitrogens with one attached hydrogen (secondary N) is 2. The topological polar surface area (TPSA) is 74.3 Å². The van der Waals surface area contributed by atoms with Gasteiger partial charge in [0.25, 0.3) is 0 Å². The average Bonchev–Trinajstić information content (AvgIpc) is 3.17. The Morgan fingerprint density at radius 3 is 2.37 bits per heavy atom. The zero-order valence-corrected chi connectivity index (χ0v) is 18.4. The first kappa shape index (κ1) is 22.0. The molecule has 1 aromatic heterocycles. The van der Waals surface area contributed by atoms with Crippen molar-refractivity contribution in [2.75, 3.05) is 23.7 Å². The predicted molar refractivity (Wildman–Crippen MR) is 123 cm³/mol. The molecule has 0 fully saturated rings.